The highest BCUT2D eigenvalue weighted by Gasteiger charge is 2.23. The number of hydrogen-bond donors (Lipinski definition) is 0. The van der Waals surface area contributed by atoms with E-state index in [0.29, 0.717) is 11.8 Å². The Morgan fingerprint density at radius 2 is 1.44 bits per heavy atom. The van der Waals surface area contributed by atoms with Crippen molar-refractivity contribution in [1.82, 2.24) is 19.3 Å². The van der Waals surface area contributed by atoms with E-state index in [-0.39, 0.29) is 5.41 Å². The summed E-state index contributed by atoms with van der Waals surface area (Å²) >= 11 is 0. The third-order valence-electron chi connectivity index (χ3n) is 10.4. The lowest BCUT2D eigenvalue weighted by atomic mass is 9.88. The van der Waals surface area contributed by atoms with Crippen molar-refractivity contribution in [3.63, 3.8) is 0 Å². The predicted octanol–water partition coefficient (Wildman–Crippen LogP) is 12.8. The second kappa shape index (κ2) is 13.8. The number of aromatic nitrogens is 4. The molecule has 5 heteroatoms. The number of benzene rings is 4. The van der Waals surface area contributed by atoms with Gasteiger partial charge < -0.3 is 4.74 Å². The predicted molar refractivity (Wildman–Crippen MR) is 218 cm³/mol. The summed E-state index contributed by atoms with van der Waals surface area (Å²) in [6, 6.07) is 32.5. The van der Waals surface area contributed by atoms with Gasteiger partial charge in [0.15, 0.2) is 0 Å². The van der Waals surface area contributed by atoms with Crippen LogP contribution in [0.4, 0.5) is 0 Å². The minimum absolute atomic E-state index is 0.00511. The lowest BCUT2D eigenvalue weighted by Crippen LogP contribution is -2.12. The number of aryl methyl sites for hydroxylation is 3. The third kappa shape index (κ3) is 6.65. The Bertz CT molecular complexity index is 2400. The first-order valence-corrected chi connectivity index (χ1v) is 18.8. The number of hydrogen-bond acceptors (Lipinski definition) is 3. The molecule has 0 amide bonds. The Labute approximate surface area is 309 Å². The maximum Gasteiger partial charge on any atom is 0.137 e. The first kappa shape index (κ1) is 35.3. The van der Waals surface area contributed by atoms with Gasteiger partial charge in [-0.05, 0) is 121 Å². The zero-order valence-corrected chi connectivity index (χ0v) is 32.5. The van der Waals surface area contributed by atoms with Gasteiger partial charge in [-0.1, -0.05) is 84.9 Å². The minimum Gasteiger partial charge on any atom is -0.457 e. The molecule has 0 saturated carbocycles. The van der Waals surface area contributed by atoms with Crippen LogP contribution in [-0.4, -0.2) is 19.3 Å². The Kier molecular flexibility index (Phi) is 9.33. The highest BCUT2D eigenvalue weighted by Crippen LogP contribution is 2.39. The molecule has 0 N–H and O–H groups in total. The third-order valence-corrected chi connectivity index (χ3v) is 10.4. The summed E-state index contributed by atoms with van der Waals surface area (Å²) in [6.45, 7) is 22.4. The molecule has 0 aliphatic rings. The lowest BCUT2D eigenvalue weighted by molar-refractivity contribution is 0.481. The van der Waals surface area contributed by atoms with E-state index in [1.807, 2.05) is 6.20 Å². The average Bonchev–Trinajstić information content (AvgIpc) is 3.60. The number of pyridine rings is 1. The molecule has 5 nitrogen and oxygen atoms in total. The molecular formula is C47H52N4O. The Morgan fingerprint density at radius 1 is 0.712 bits per heavy atom. The standard InChI is InChI=1S/C47H52N4O/c1-29(2)18-21-42-46(45-31(5)14-13-15-32(45)6)33(7)49-51(42)36-24-34(30(3)4)25-38(27-36)52-37-19-20-40-39-16-11-12-17-41(39)50(43(40)28-37)44-26-35(22-23-48-44)47(8,9)10/h11-17,19-20,22-30H,18,21H2,1-10H3. The molecule has 7 aromatic rings. The van der Waals surface area contributed by atoms with Crippen molar-refractivity contribution in [3.05, 3.63) is 131 Å². The normalized spacial score (nSPS) is 12.2. The maximum atomic E-state index is 6.83. The molecule has 0 atom stereocenters. The molecule has 4 aromatic carbocycles. The number of fused-ring (bicyclic) bond motifs is 3. The molecule has 3 aromatic heterocycles. The molecule has 0 radical (unpaired) electrons. The van der Waals surface area contributed by atoms with Gasteiger partial charge in [-0.15, -0.1) is 0 Å². The molecular weight excluding hydrogens is 637 g/mol. The molecule has 3 heterocycles. The van der Waals surface area contributed by atoms with Crippen LogP contribution in [0.2, 0.25) is 0 Å². The largest absolute Gasteiger partial charge is 0.457 e. The van der Waals surface area contributed by atoms with Crippen molar-refractivity contribution in [2.75, 3.05) is 0 Å². The molecule has 0 unspecified atom stereocenters. The van der Waals surface area contributed by atoms with E-state index < -0.39 is 0 Å². The Hall–Kier alpha value is -5.16. The molecule has 266 valence electrons. The fourth-order valence-electron chi connectivity index (χ4n) is 7.50. The van der Waals surface area contributed by atoms with Crippen molar-refractivity contribution < 1.29 is 4.74 Å². The maximum absolute atomic E-state index is 6.83. The zero-order chi connectivity index (χ0) is 36.9. The summed E-state index contributed by atoms with van der Waals surface area (Å²) in [5.41, 5.74) is 13.1. The van der Waals surface area contributed by atoms with Crippen molar-refractivity contribution in [2.24, 2.45) is 5.92 Å². The molecule has 0 fully saturated rings. The van der Waals surface area contributed by atoms with Gasteiger partial charge in [0.1, 0.15) is 17.3 Å². The number of nitrogens with zero attached hydrogens (tertiary/aromatic N) is 4. The van der Waals surface area contributed by atoms with E-state index in [9.17, 15) is 0 Å². The van der Waals surface area contributed by atoms with E-state index in [1.165, 1.54) is 49.8 Å². The summed E-state index contributed by atoms with van der Waals surface area (Å²) in [5.74, 6) is 3.37. The van der Waals surface area contributed by atoms with Crippen LogP contribution in [0.15, 0.2) is 97.2 Å². The Morgan fingerprint density at radius 3 is 2.15 bits per heavy atom. The van der Waals surface area contributed by atoms with Gasteiger partial charge in [0.25, 0.3) is 0 Å². The van der Waals surface area contributed by atoms with E-state index in [2.05, 4.69) is 169 Å². The first-order valence-electron chi connectivity index (χ1n) is 18.8. The highest BCUT2D eigenvalue weighted by molar-refractivity contribution is 6.09. The van der Waals surface area contributed by atoms with Crippen LogP contribution in [0, 0.1) is 26.7 Å². The van der Waals surface area contributed by atoms with Gasteiger partial charge in [-0.3, -0.25) is 4.57 Å². The summed E-state index contributed by atoms with van der Waals surface area (Å²) in [7, 11) is 0. The zero-order valence-electron chi connectivity index (χ0n) is 32.5. The van der Waals surface area contributed by atoms with Gasteiger partial charge in [0.05, 0.1) is 28.1 Å². The van der Waals surface area contributed by atoms with Crippen LogP contribution in [0.3, 0.4) is 0 Å². The molecule has 0 aliphatic heterocycles. The highest BCUT2D eigenvalue weighted by atomic mass is 16.5. The van der Waals surface area contributed by atoms with Gasteiger partial charge in [-0.2, -0.15) is 5.10 Å². The van der Waals surface area contributed by atoms with Gasteiger partial charge in [0, 0.05) is 34.7 Å². The monoisotopic (exact) mass is 688 g/mol. The molecule has 0 aliphatic carbocycles. The van der Waals surface area contributed by atoms with Gasteiger partial charge in [-0.25, -0.2) is 9.67 Å². The quantitative estimate of drug-likeness (QED) is 0.152. The van der Waals surface area contributed by atoms with Gasteiger partial charge >= 0.3 is 0 Å². The van der Waals surface area contributed by atoms with E-state index in [4.69, 9.17) is 14.8 Å². The van der Waals surface area contributed by atoms with Crippen LogP contribution in [0.5, 0.6) is 11.5 Å². The van der Waals surface area contributed by atoms with Crippen molar-refractivity contribution in [1.29, 1.82) is 0 Å². The number of rotatable bonds is 9. The fraction of sp³-hybridized carbons (Fsp3) is 0.319. The van der Waals surface area contributed by atoms with Crippen LogP contribution in [-0.2, 0) is 11.8 Å². The SMILES string of the molecule is Cc1cccc(C)c1-c1c(C)nn(-c2cc(Oc3ccc4c5ccccc5n(-c5cc(C(C)(C)C)ccn5)c4c3)cc(C(C)C)c2)c1CCC(C)C. The van der Waals surface area contributed by atoms with Crippen molar-refractivity contribution in [3.8, 4) is 34.1 Å². The van der Waals surface area contributed by atoms with Crippen molar-refractivity contribution >= 4 is 21.8 Å². The molecule has 0 spiro atoms. The molecule has 0 saturated heterocycles. The smallest absolute Gasteiger partial charge is 0.137 e. The van der Waals surface area contributed by atoms with E-state index in [1.54, 1.807) is 0 Å². The van der Waals surface area contributed by atoms with Crippen LogP contribution >= 0.6 is 0 Å². The van der Waals surface area contributed by atoms with Crippen LogP contribution in [0.1, 0.15) is 94.4 Å². The Balaban J connectivity index is 1.36. The topological polar surface area (TPSA) is 44.9 Å². The molecule has 52 heavy (non-hydrogen) atoms. The molecule has 7 rings (SSSR count). The summed E-state index contributed by atoms with van der Waals surface area (Å²) in [4.78, 5) is 4.87. The minimum atomic E-state index is 0.00511. The van der Waals surface area contributed by atoms with E-state index >= 15 is 0 Å². The summed E-state index contributed by atoms with van der Waals surface area (Å²) in [5, 5.41) is 7.61. The number of ether oxygens (including phenoxy) is 1. The first-order chi connectivity index (χ1) is 24.8. The second-order valence-electron chi connectivity index (χ2n) is 16.2. The van der Waals surface area contributed by atoms with Gasteiger partial charge in [0.2, 0.25) is 0 Å². The van der Waals surface area contributed by atoms with Crippen LogP contribution < -0.4 is 4.74 Å². The van der Waals surface area contributed by atoms with E-state index in [0.717, 1.165) is 52.6 Å². The van der Waals surface area contributed by atoms with Crippen LogP contribution in [0.25, 0.3) is 44.4 Å². The lowest BCUT2D eigenvalue weighted by Gasteiger charge is -2.20. The summed E-state index contributed by atoms with van der Waals surface area (Å²) in [6.07, 6.45) is 3.95. The summed E-state index contributed by atoms with van der Waals surface area (Å²) < 4.78 is 11.3. The average molecular weight is 689 g/mol. The fourth-order valence-corrected chi connectivity index (χ4v) is 7.50. The second-order valence-corrected chi connectivity index (χ2v) is 16.2. The number of para-hydroxylation sites is 1. The molecule has 0 bridgehead atoms. The van der Waals surface area contributed by atoms with Crippen molar-refractivity contribution in [2.45, 2.75) is 93.4 Å².